The molecule has 3 rings (SSSR count). The summed E-state index contributed by atoms with van der Waals surface area (Å²) in [7, 11) is 1.60. The second-order valence-electron chi connectivity index (χ2n) is 7.50. The summed E-state index contributed by atoms with van der Waals surface area (Å²) in [5, 5.41) is 11.5. The van der Waals surface area contributed by atoms with Crippen molar-refractivity contribution < 1.29 is 18.7 Å². The molecule has 0 saturated heterocycles. The molecule has 0 spiro atoms. The molecule has 0 radical (unpaired) electrons. The van der Waals surface area contributed by atoms with Gasteiger partial charge in [-0.2, -0.15) is 0 Å². The molecule has 1 amide bonds. The van der Waals surface area contributed by atoms with E-state index in [1.165, 1.54) is 23.9 Å². The Morgan fingerprint density at radius 1 is 1.06 bits per heavy atom. The van der Waals surface area contributed by atoms with Gasteiger partial charge < -0.3 is 19.4 Å². The molecule has 7 nitrogen and oxygen atoms in total. The highest BCUT2D eigenvalue weighted by molar-refractivity contribution is 8.00. The average Bonchev–Trinajstić information content (AvgIpc) is 3.17. The topological polar surface area (TPSA) is 78.3 Å². The monoisotopic (exact) mass is 458 g/mol. The van der Waals surface area contributed by atoms with Crippen molar-refractivity contribution >= 4 is 23.4 Å². The van der Waals surface area contributed by atoms with E-state index in [-0.39, 0.29) is 18.1 Å². The molecule has 1 aromatic heterocycles. The van der Waals surface area contributed by atoms with Gasteiger partial charge in [0.1, 0.15) is 17.3 Å². The number of methoxy groups -OCH3 is 1. The van der Waals surface area contributed by atoms with Gasteiger partial charge in [-0.1, -0.05) is 23.9 Å². The van der Waals surface area contributed by atoms with Crippen LogP contribution in [0.4, 0.5) is 10.1 Å². The van der Waals surface area contributed by atoms with Crippen LogP contribution in [0.25, 0.3) is 0 Å². The molecule has 32 heavy (non-hydrogen) atoms. The fraction of sp³-hybridized carbons (Fsp3) is 0.348. The normalized spacial score (nSPS) is 13.0. The summed E-state index contributed by atoms with van der Waals surface area (Å²) in [6.07, 6.45) is -0.372. The number of thioether (sulfide) groups is 1. The number of amides is 1. The van der Waals surface area contributed by atoms with Gasteiger partial charge in [0.15, 0.2) is 17.1 Å². The summed E-state index contributed by atoms with van der Waals surface area (Å²) < 4.78 is 26.7. The first-order valence-corrected chi connectivity index (χ1v) is 11.1. The van der Waals surface area contributed by atoms with Gasteiger partial charge >= 0.3 is 0 Å². The van der Waals surface area contributed by atoms with Crippen LogP contribution < -0.4 is 14.8 Å². The number of hydrogen-bond acceptors (Lipinski definition) is 6. The third kappa shape index (κ3) is 5.79. The van der Waals surface area contributed by atoms with Gasteiger partial charge in [0.25, 0.3) is 0 Å². The van der Waals surface area contributed by atoms with Crippen molar-refractivity contribution in [2.45, 2.75) is 50.2 Å². The van der Waals surface area contributed by atoms with Crippen molar-refractivity contribution in [3.63, 3.8) is 0 Å². The van der Waals surface area contributed by atoms with Gasteiger partial charge in [0, 0.05) is 17.8 Å². The Hall–Kier alpha value is -3.07. The van der Waals surface area contributed by atoms with Crippen LogP contribution >= 0.6 is 11.8 Å². The summed E-state index contributed by atoms with van der Waals surface area (Å²) in [5.74, 6) is 1.36. The summed E-state index contributed by atoms with van der Waals surface area (Å²) in [5.41, 5.74) is 0.411. The van der Waals surface area contributed by atoms with Crippen molar-refractivity contribution in [1.82, 2.24) is 14.8 Å². The Balaban J connectivity index is 1.74. The minimum Gasteiger partial charge on any atom is -0.497 e. The third-order valence-corrected chi connectivity index (χ3v) is 5.73. The molecule has 9 heteroatoms. The largest absolute Gasteiger partial charge is 0.497 e. The van der Waals surface area contributed by atoms with Gasteiger partial charge in [-0.25, -0.2) is 4.39 Å². The van der Waals surface area contributed by atoms with E-state index in [1.54, 1.807) is 32.2 Å². The molecule has 2 aromatic carbocycles. The maximum Gasteiger partial charge on any atom is 0.237 e. The van der Waals surface area contributed by atoms with Crippen molar-refractivity contribution in [1.29, 1.82) is 0 Å². The summed E-state index contributed by atoms with van der Waals surface area (Å²) in [6.45, 7) is 7.71. The van der Waals surface area contributed by atoms with Crippen LogP contribution in [0.3, 0.4) is 0 Å². The highest BCUT2D eigenvalue weighted by Gasteiger charge is 2.25. The zero-order chi connectivity index (χ0) is 23.3. The minimum atomic E-state index is -0.470. The van der Waals surface area contributed by atoms with E-state index in [0.29, 0.717) is 28.2 Å². The Morgan fingerprint density at radius 2 is 1.78 bits per heavy atom. The molecule has 170 valence electrons. The Morgan fingerprint density at radius 3 is 2.47 bits per heavy atom. The number of halogens is 1. The standard InChI is InChI=1S/C23H27FN4O3S/c1-14(2)28-21(15(3)31-20-11-7-10-19(13-20)30-5)26-27-23(28)32-16(4)22(29)25-18-9-6-8-17(24)12-18/h6-16H,1-5H3,(H,25,29). The SMILES string of the molecule is COc1cccc(OC(C)c2nnc(SC(C)C(=O)Nc3cccc(F)c3)n2C(C)C)c1. The number of carbonyl (C=O) groups excluding carboxylic acids is 1. The first-order valence-electron chi connectivity index (χ1n) is 10.3. The molecule has 0 saturated carbocycles. The number of benzene rings is 2. The molecule has 0 aliphatic carbocycles. The van der Waals surface area contributed by atoms with Crippen LogP contribution in [0.2, 0.25) is 0 Å². The number of aromatic nitrogens is 3. The molecule has 1 heterocycles. The number of carbonyl (C=O) groups is 1. The van der Waals surface area contributed by atoms with E-state index < -0.39 is 11.1 Å². The minimum absolute atomic E-state index is 0.0531. The smallest absolute Gasteiger partial charge is 0.237 e. The van der Waals surface area contributed by atoms with Crippen LogP contribution in [-0.2, 0) is 4.79 Å². The quantitative estimate of drug-likeness (QED) is 0.441. The number of ether oxygens (including phenoxy) is 2. The molecule has 1 N–H and O–H groups in total. The number of nitrogens with zero attached hydrogens (tertiary/aromatic N) is 3. The summed E-state index contributed by atoms with van der Waals surface area (Å²) in [6, 6.07) is 13.2. The molecule has 2 atom stereocenters. The molecule has 2 unspecified atom stereocenters. The Kier molecular flexibility index (Phi) is 7.74. The lowest BCUT2D eigenvalue weighted by atomic mass is 10.3. The molecular weight excluding hydrogens is 431 g/mol. The van der Waals surface area contributed by atoms with Crippen LogP contribution in [-0.4, -0.2) is 33.0 Å². The fourth-order valence-corrected chi connectivity index (χ4v) is 4.07. The van der Waals surface area contributed by atoms with Crippen molar-refractivity contribution in [3.8, 4) is 11.5 Å². The molecule has 3 aromatic rings. The van der Waals surface area contributed by atoms with E-state index in [9.17, 15) is 9.18 Å². The van der Waals surface area contributed by atoms with Crippen molar-refractivity contribution in [2.24, 2.45) is 0 Å². The van der Waals surface area contributed by atoms with Crippen LogP contribution in [0.5, 0.6) is 11.5 Å². The number of hydrogen-bond donors (Lipinski definition) is 1. The first kappa shape index (κ1) is 23.6. The zero-order valence-corrected chi connectivity index (χ0v) is 19.5. The predicted octanol–water partition coefficient (Wildman–Crippen LogP) is 5.27. The lowest BCUT2D eigenvalue weighted by molar-refractivity contribution is -0.115. The summed E-state index contributed by atoms with van der Waals surface area (Å²) in [4.78, 5) is 12.6. The fourth-order valence-electron chi connectivity index (χ4n) is 3.08. The second-order valence-corrected chi connectivity index (χ2v) is 8.81. The highest BCUT2D eigenvalue weighted by Crippen LogP contribution is 2.31. The first-order chi connectivity index (χ1) is 15.3. The van der Waals surface area contributed by atoms with Gasteiger partial charge in [0.2, 0.25) is 5.91 Å². The second kappa shape index (κ2) is 10.5. The van der Waals surface area contributed by atoms with Crippen molar-refractivity contribution in [2.75, 3.05) is 12.4 Å². The van der Waals surface area contributed by atoms with E-state index >= 15 is 0 Å². The lowest BCUT2D eigenvalue weighted by Crippen LogP contribution is -2.23. The predicted molar refractivity (Wildman–Crippen MR) is 123 cm³/mol. The third-order valence-electron chi connectivity index (χ3n) is 4.67. The van der Waals surface area contributed by atoms with E-state index in [2.05, 4.69) is 15.5 Å². The number of anilines is 1. The number of nitrogens with one attached hydrogen (secondary N) is 1. The lowest BCUT2D eigenvalue weighted by Gasteiger charge is -2.20. The zero-order valence-electron chi connectivity index (χ0n) is 18.7. The van der Waals surface area contributed by atoms with Gasteiger partial charge in [-0.3, -0.25) is 4.79 Å². The Labute approximate surface area is 191 Å². The molecule has 0 bridgehead atoms. The van der Waals surface area contributed by atoms with Crippen LogP contribution in [0.15, 0.2) is 53.7 Å². The van der Waals surface area contributed by atoms with E-state index in [4.69, 9.17) is 9.47 Å². The van der Waals surface area contributed by atoms with Crippen LogP contribution in [0, 0.1) is 5.82 Å². The maximum absolute atomic E-state index is 13.4. The molecular formula is C23H27FN4O3S. The maximum atomic E-state index is 13.4. The Bertz CT molecular complexity index is 1070. The number of rotatable bonds is 9. The molecule has 0 aliphatic heterocycles. The van der Waals surface area contributed by atoms with Gasteiger partial charge in [-0.15, -0.1) is 10.2 Å². The van der Waals surface area contributed by atoms with E-state index in [1.807, 2.05) is 43.5 Å². The molecule has 0 aliphatic rings. The van der Waals surface area contributed by atoms with Crippen molar-refractivity contribution in [3.05, 3.63) is 60.2 Å². The summed E-state index contributed by atoms with van der Waals surface area (Å²) >= 11 is 1.29. The van der Waals surface area contributed by atoms with Gasteiger partial charge in [-0.05, 0) is 58.0 Å². The average molecular weight is 459 g/mol. The molecule has 0 fully saturated rings. The van der Waals surface area contributed by atoms with Crippen LogP contribution in [0.1, 0.15) is 45.7 Å². The van der Waals surface area contributed by atoms with Gasteiger partial charge in [0.05, 0.1) is 12.4 Å². The van der Waals surface area contributed by atoms with E-state index in [0.717, 1.165) is 0 Å². The highest BCUT2D eigenvalue weighted by atomic mass is 32.2.